The number of halogens is 1. The van der Waals surface area contributed by atoms with E-state index in [0.29, 0.717) is 17.3 Å². The summed E-state index contributed by atoms with van der Waals surface area (Å²) in [5.41, 5.74) is 0.979. The maximum atomic E-state index is 8.45. The maximum Gasteiger partial charge on any atom is 0.208 e. The lowest BCUT2D eigenvalue weighted by atomic mass is 10.2. The molecule has 2 rings (SSSR count). The van der Waals surface area contributed by atoms with Crippen molar-refractivity contribution in [3.63, 3.8) is 0 Å². The van der Waals surface area contributed by atoms with Crippen LogP contribution in [0.25, 0.3) is 11.4 Å². The molecule has 0 saturated carbocycles. The Kier molecular flexibility index (Phi) is 4.18. The van der Waals surface area contributed by atoms with Crippen molar-refractivity contribution in [2.75, 3.05) is 5.75 Å². The zero-order valence-electron chi connectivity index (χ0n) is 8.85. The van der Waals surface area contributed by atoms with Crippen LogP contribution in [0.3, 0.4) is 0 Å². The van der Waals surface area contributed by atoms with E-state index in [0.717, 1.165) is 15.9 Å². The predicted octanol–water partition coefficient (Wildman–Crippen LogP) is 3.24. The number of aromatic amines is 1. The number of H-pyrrole nitrogens is 1. The number of nitriles is 1. The molecule has 0 saturated heterocycles. The smallest absolute Gasteiger partial charge is 0.208 e. The van der Waals surface area contributed by atoms with Crippen molar-refractivity contribution >= 4 is 27.7 Å². The molecule has 0 atom stereocenters. The van der Waals surface area contributed by atoms with Crippen molar-refractivity contribution in [1.29, 1.82) is 5.26 Å². The fraction of sp³-hybridized carbons (Fsp3) is 0.182. The number of benzene rings is 1. The minimum Gasteiger partial charge on any atom is -0.258 e. The monoisotopic (exact) mass is 308 g/mol. The standard InChI is InChI=1S/C11H9BrN4S/c12-9-5-2-1-4-8(9)10-14-11(16-15-10)17-7-3-6-13/h1-2,4-5H,3,7H2,(H,14,15,16). The van der Waals surface area contributed by atoms with E-state index in [4.69, 9.17) is 5.26 Å². The molecular weight excluding hydrogens is 300 g/mol. The van der Waals surface area contributed by atoms with E-state index in [-0.39, 0.29) is 0 Å². The summed E-state index contributed by atoms with van der Waals surface area (Å²) in [7, 11) is 0. The Hall–Kier alpha value is -1.32. The van der Waals surface area contributed by atoms with Gasteiger partial charge < -0.3 is 0 Å². The van der Waals surface area contributed by atoms with Crippen molar-refractivity contribution in [2.24, 2.45) is 0 Å². The lowest BCUT2D eigenvalue weighted by Crippen LogP contribution is -1.82. The highest BCUT2D eigenvalue weighted by atomic mass is 79.9. The van der Waals surface area contributed by atoms with Gasteiger partial charge in [-0.2, -0.15) is 5.26 Å². The molecule has 6 heteroatoms. The fourth-order valence-electron chi connectivity index (χ4n) is 1.27. The van der Waals surface area contributed by atoms with Gasteiger partial charge in [-0.1, -0.05) is 45.9 Å². The molecule has 0 spiro atoms. The van der Waals surface area contributed by atoms with Crippen molar-refractivity contribution in [3.05, 3.63) is 28.7 Å². The number of nitrogens with one attached hydrogen (secondary N) is 1. The first-order valence-corrected chi connectivity index (χ1v) is 6.76. The average Bonchev–Trinajstić information content (AvgIpc) is 2.79. The van der Waals surface area contributed by atoms with Gasteiger partial charge in [0.2, 0.25) is 5.16 Å². The highest BCUT2D eigenvalue weighted by Crippen LogP contribution is 2.26. The van der Waals surface area contributed by atoms with Crippen LogP contribution in [0.15, 0.2) is 33.9 Å². The first-order valence-electron chi connectivity index (χ1n) is 4.98. The molecule has 0 amide bonds. The molecule has 1 aromatic carbocycles. The number of hydrogen-bond acceptors (Lipinski definition) is 4. The van der Waals surface area contributed by atoms with Crippen LogP contribution < -0.4 is 0 Å². The number of rotatable bonds is 4. The maximum absolute atomic E-state index is 8.45. The zero-order chi connectivity index (χ0) is 12.1. The normalized spacial score (nSPS) is 10.1. The van der Waals surface area contributed by atoms with Gasteiger partial charge in [0.1, 0.15) is 0 Å². The van der Waals surface area contributed by atoms with Crippen LogP contribution >= 0.6 is 27.7 Å². The second-order valence-corrected chi connectivity index (χ2v) is 5.12. The summed E-state index contributed by atoms with van der Waals surface area (Å²) >= 11 is 4.94. The summed E-state index contributed by atoms with van der Waals surface area (Å²) in [6, 6.07) is 9.92. The Balaban J connectivity index is 2.14. The van der Waals surface area contributed by atoms with Gasteiger partial charge in [0.05, 0.1) is 6.07 Å². The van der Waals surface area contributed by atoms with Crippen molar-refractivity contribution in [1.82, 2.24) is 15.2 Å². The Morgan fingerprint density at radius 3 is 3.00 bits per heavy atom. The van der Waals surface area contributed by atoms with Crippen LogP contribution in [-0.2, 0) is 0 Å². The van der Waals surface area contributed by atoms with Crippen LogP contribution in [-0.4, -0.2) is 20.9 Å². The molecule has 0 aliphatic rings. The third-order valence-corrected chi connectivity index (χ3v) is 3.58. The minimum atomic E-state index is 0.504. The molecule has 4 nitrogen and oxygen atoms in total. The minimum absolute atomic E-state index is 0.504. The van der Waals surface area contributed by atoms with Gasteiger partial charge in [0.25, 0.3) is 0 Å². The van der Waals surface area contributed by atoms with E-state index < -0.39 is 0 Å². The lowest BCUT2D eigenvalue weighted by molar-refractivity contribution is 0.972. The second-order valence-electron chi connectivity index (χ2n) is 3.20. The first-order chi connectivity index (χ1) is 8.31. The summed E-state index contributed by atoms with van der Waals surface area (Å²) < 4.78 is 0.977. The molecule has 1 heterocycles. The van der Waals surface area contributed by atoms with Crippen LogP contribution in [0, 0.1) is 11.3 Å². The van der Waals surface area contributed by atoms with Crippen molar-refractivity contribution in [3.8, 4) is 17.5 Å². The molecule has 1 N–H and O–H groups in total. The SMILES string of the molecule is N#CCCSc1n[nH]c(-c2ccccc2Br)n1. The van der Waals surface area contributed by atoms with Gasteiger partial charge in [0.15, 0.2) is 5.82 Å². The highest BCUT2D eigenvalue weighted by molar-refractivity contribution is 9.10. The molecule has 17 heavy (non-hydrogen) atoms. The van der Waals surface area contributed by atoms with Gasteiger partial charge in [-0.15, -0.1) is 5.10 Å². The van der Waals surface area contributed by atoms with Crippen LogP contribution in [0.5, 0.6) is 0 Å². The third kappa shape index (κ3) is 3.08. The van der Waals surface area contributed by atoms with E-state index >= 15 is 0 Å². The van der Waals surface area contributed by atoms with E-state index in [9.17, 15) is 0 Å². The largest absolute Gasteiger partial charge is 0.258 e. The predicted molar refractivity (Wildman–Crippen MR) is 70.5 cm³/mol. The topological polar surface area (TPSA) is 65.4 Å². The summed E-state index contributed by atoms with van der Waals surface area (Å²) in [6.07, 6.45) is 0.504. The summed E-state index contributed by atoms with van der Waals surface area (Å²) in [5.74, 6) is 1.45. The van der Waals surface area contributed by atoms with Crippen LogP contribution in [0.4, 0.5) is 0 Å². The van der Waals surface area contributed by atoms with E-state index in [1.165, 1.54) is 11.8 Å². The van der Waals surface area contributed by atoms with Gasteiger partial charge in [-0.3, -0.25) is 5.10 Å². The Morgan fingerprint density at radius 2 is 2.24 bits per heavy atom. The number of nitrogens with zero attached hydrogens (tertiary/aromatic N) is 3. The third-order valence-electron chi connectivity index (χ3n) is 2.04. The van der Waals surface area contributed by atoms with Gasteiger partial charge >= 0.3 is 0 Å². The zero-order valence-corrected chi connectivity index (χ0v) is 11.3. The summed E-state index contributed by atoms with van der Waals surface area (Å²) in [5, 5.41) is 16.1. The van der Waals surface area contributed by atoms with Crippen LogP contribution in [0.1, 0.15) is 6.42 Å². The Morgan fingerprint density at radius 1 is 1.41 bits per heavy atom. The summed E-state index contributed by atoms with van der Waals surface area (Å²) in [6.45, 7) is 0. The number of aromatic nitrogens is 3. The van der Waals surface area contributed by atoms with E-state index in [1.807, 2.05) is 24.3 Å². The quantitative estimate of drug-likeness (QED) is 0.695. The van der Waals surface area contributed by atoms with Crippen molar-refractivity contribution in [2.45, 2.75) is 11.6 Å². The van der Waals surface area contributed by atoms with Gasteiger partial charge in [-0.25, -0.2) is 4.98 Å². The average molecular weight is 309 g/mol. The van der Waals surface area contributed by atoms with Crippen LogP contribution in [0.2, 0.25) is 0 Å². The Bertz CT molecular complexity index is 546. The molecule has 0 aliphatic heterocycles. The molecule has 0 aliphatic carbocycles. The number of hydrogen-bond donors (Lipinski definition) is 1. The van der Waals surface area contributed by atoms with E-state index in [2.05, 4.69) is 37.2 Å². The molecule has 0 unspecified atom stereocenters. The summed E-state index contributed by atoms with van der Waals surface area (Å²) in [4.78, 5) is 4.37. The molecular formula is C11H9BrN4S. The lowest BCUT2D eigenvalue weighted by Gasteiger charge is -1.97. The second kappa shape index (κ2) is 5.84. The fourth-order valence-corrected chi connectivity index (χ4v) is 2.39. The first kappa shape index (κ1) is 12.1. The van der Waals surface area contributed by atoms with E-state index in [1.54, 1.807) is 0 Å². The molecule has 0 radical (unpaired) electrons. The highest BCUT2D eigenvalue weighted by Gasteiger charge is 2.08. The molecule has 0 fully saturated rings. The number of thioether (sulfide) groups is 1. The molecule has 2 aromatic rings. The Labute approximate surface area is 112 Å². The molecule has 0 bridgehead atoms. The molecule has 1 aromatic heterocycles. The van der Waals surface area contributed by atoms with Gasteiger partial charge in [0, 0.05) is 22.2 Å². The molecule has 86 valence electrons. The van der Waals surface area contributed by atoms with Crippen molar-refractivity contribution < 1.29 is 0 Å². The van der Waals surface area contributed by atoms with Gasteiger partial charge in [-0.05, 0) is 6.07 Å².